The van der Waals surface area contributed by atoms with Crippen molar-refractivity contribution in [1.29, 1.82) is 0 Å². The number of halogens is 2. The topological polar surface area (TPSA) is 56.2 Å². The maximum absolute atomic E-state index is 13.8. The molecule has 0 spiro atoms. The second-order valence-corrected chi connectivity index (χ2v) is 6.75. The molecule has 2 heterocycles. The molecule has 144 valence electrons. The van der Waals surface area contributed by atoms with Crippen molar-refractivity contribution in [1.82, 2.24) is 14.7 Å². The molecule has 1 unspecified atom stereocenters. The highest BCUT2D eigenvalue weighted by molar-refractivity contribution is 5.78. The molecule has 0 radical (unpaired) electrons. The summed E-state index contributed by atoms with van der Waals surface area (Å²) in [4.78, 5) is 18.3. The highest BCUT2D eigenvalue weighted by atomic mass is 19.1. The van der Waals surface area contributed by atoms with Crippen LogP contribution in [0.15, 0.2) is 18.2 Å². The summed E-state index contributed by atoms with van der Waals surface area (Å²) in [6.45, 7) is 5.97. The van der Waals surface area contributed by atoms with Crippen LogP contribution in [-0.2, 0) is 9.53 Å². The number of piperazine rings is 1. The van der Waals surface area contributed by atoms with Gasteiger partial charge >= 0.3 is 0 Å². The van der Waals surface area contributed by atoms with Gasteiger partial charge in [0.05, 0.1) is 25.9 Å². The fraction of sp³-hybridized carbons (Fsp3) is 0.611. The average Bonchev–Trinajstić information content (AvgIpc) is 2.63. The van der Waals surface area contributed by atoms with Crippen molar-refractivity contribution in [2.75, 3.05) is 65.6 Å². The Balaban J connectivity index is 1.45. The van der Waals surface area contributed by atoms with Gasteiger partial charge in [-0.15, -0.1) is 0 Å². The van der Waals surface area contributed by atoms with Gasteiger partial charge in [-0.3, -0.25) is 14.6 Å². The van der Waals surface area contributed by atoms with E-state index in [1.807, 2.05) is 9.80 Å². The predicted octanol–water partition coefficient (Wildman–Crippen LogP) is 0.475. The van der Waals surface area contributed by atoms with Crippen LogP contribution in [-0.4, -0.2) is 91.3 Å². The number of carbonyl (C=O) groups excluding carboxylic acids is 1. The van der Waals surface area contributed by atoms with Crippen LogP contribution in [0.2, 0.25) is 0 Å². The van der Waals surface area contributed by atoms with Gasteiger partial charge in [-0.2, -0.15) is 0 Å². The molecule has 0 bridgehead atoms. The Labute approximate surface area is 151 Å². The highest BCUT2D eigenvalue weighted by Crippen LogP contribution is 2.19. The van der Waals surface area contributed by atoms with Gasteiger partial charge < -0.3 is 14.7 Å². The molecule has 1 amide bonds. The number of carbonyl (C=O) groups is 1. The lowest BCUT2D eigenvalue weighted by atomic mass is 10.1. The van der Waals surface area contributed by atoms with E-state index < -0.39 is 17.7 Å². The third kappa shape index (κ3) is 4.97. The fourth-order valence-corrected chi connectivity index (χ4v) is 3.35. The Morgan fingerprint density at radius 1 is 1.08 bits per heavy atom. The van der Waals surface area contributed by atoms with Gasteiger partial charge in [0.25, 0.3) is 0 Å². The molecule has 2 aliphatic heterocycles. The van der Waals surface area contributed by atoms with Crippen LogP contribution in [0.1, 0.15) is 11.7 Å². The van der Waals surface area contributed by atoms with E-state index in [0.717, 1.165) is 25.2 Å². The molecule has 3 rings (SSSR count). The molecule has 0 saturated carbocycles. The molecule has 1 aromatic rings. The van der Waals surface area contributed by atoms with Crippen LogP contribution >= 0.6 is 0 Å². The first kappa shape index (κ1) is 19.2. The number of amides is 1. The van der Waals surface area contributed by atoms with E-state index in [1.165, 1.54) is 6.07 Å². The van der Waals surface area contributed by atoms with Crippen LogP contribution in [0.3, 0.4) is 0 Å². The van der Waals surface area contributed by atoms with E-state index in [-0.39, 0.29) is 18.0 Å². The Hall–Kier alpha value is -1.61. The summed E-state index contributed by atoms with van der Waals surface area (Å²) in [5.41, 5.74) is 0.0947. The summed E-state index contributed by atoms with van der Waals surface area (Å²) < 4.78 is 32.0. The lowest BCUT2D eigenvalue weighted by Gasteiger charge is -2.37. The van der Waals surface area contributed by atoms with Gasteiger partial charge in [0.2, 0.25) is 5.91 Å². The Morgan fingerprint density at radius 3 is 2.42 bits per heavy atom. The molecular formula is C18H25F2N3O3. The predicted molar refractivity (Wildman–Crippen MR) is 91.6 cm³/mol. The molecule has 1 atom stereocenters. The van der Waals surface area contributed by atoms with E-state index in [4.69, 9.17) is 4.74 Å². The van der Waals surface area contributed by atoms with Crippen molar-refractivity contribution in [2.24, 2.45) is 0 Å². The third-order valence-corrected chi connectivity index (χ3v) is 4.94. The van der Waals surface area contributed by atoms with Crippen molar-refractivity contribution < 1.29 is 23.4 Å². The lowest BCUT2D eigenvalue weighted by Crippen LogP contribution is -2.52. The molecule has 2 aliphatic rings. The molecule has 2 fully saturated rings. The van der Waals surface area contributed by atoms with Crippen LogP contribution in [0.5, 0.6) is 0 Å². The van der Waals surface area contributed by atoms with E-state index in [1.54, 1.807) is 0 Å². The molecule has 0 aromatic heterocycles. The number of rotatable bonds is 5. The first-order valence-electron chi connectivity index (χ1n) is 8.96. The minimum absolute atomic E-state index is 0.0947. The van der Waals surface area contributed by atoms with Crippen LogP contribution < -0.4 is 0 Å². The summed E-state index contributed by atoms with van der Waals surface area (Å²) in [5.74, 6) is -1.29. The lowest BCUT2D eigenvalue weighted by molar-refractivity contribution is -0.135. The van der Waals surface area contributed by atoms with Crippen LogP contribution in [0.25, 0.3) is 0 Å². The number of hydrogen-bond acceptors (Lipinski definition) is 5. The summed E-state index contributed by atoms with van der Waals surface area (Å²) in [6, 6.07) is 3.20. The van der Waals surface area contributed by atoms with E-state index in [0.29, 0.717) is 45.9 Å². The molecule has 6 nitrogen and oxygen atoms in total. The molecule has 8 heteroatoms. The normalized spacial score (nSPS) is 21.0. The maximum atomic E-state index is 13.8. The van der Waals surface area contributed by atoms with E-state index in [9.17, 15) is 18.7 Å². The maximum Gasteiger partial charge on any atom is 0.236 e. The molecule has 2 saturated heterocycles. The van der Waals surface area contributed by atoms with Crippen molar-refractivity contribution in [3.63, 3.8) is 0 Å². The zero-order valence-electron chi connectivity index (χ0n) is 14.7. The highest BCUT2D eigenvalue weighted by Gasteiger charge is 2.25. The number of hydrogen-bond donors (Lipinski definition) is 1. The van der Waals surface area contributed by atoms with Gasteiger partial charge in [-0.05, 0) is 6.07 Å². The number of morpholine rings is 1. The number of benzene rings is 1. The first-order valence-corrected chi connectivity index (χ1v) is 8.96. The number of aliphatic hydroxyl groups excluding tert-OH is 1. The standard InChI is InChI=1S/C18H25F2N3O3/c19-14-1-2-15(16(20)11-14)17(24)12-21-3-5-23(6-4-21)18(25)13-22-7-9-26-10-8-22/h1-2,11,17,24H,3-10,12-13H2. The summed E-state index contributed by atoms with van der Waals surface area (Å²) in [6.07, 6.45) is -1.02. The second-order valence-electron chi connectivity index (χ2n) is 6.75. The summed E-state index contributed by atoms with van der Waals surface area (Å²) in [7, 11) is 0. The van der Waals surface area contributed by atoms with Gasteiger partial charge in [-0.25, -0.2) is 8.78 Å². The van der Waals surface area contributed by atoms with Gasteiger partial charge in [0.15, 0.2) is 0 Å². The average molecular weight is 369 g/mol. The monoisotopic (exact) mass is 369 g/mol. The second kappa shape index (κ2) is 8.85. The zero-order chi connectivity index (χ0) is 18.5. The Morgan fingerprint density at radius 2 is 1.77 bits per heavy atom. The van der Waals surface area contributed by atoms with Gasteiger partial charge in [-0.1, -0.05) is 6.07 Å². The van der Waals surface area contributed by atoms with E-state index >= 15 is 0 Å². The van der Waals surface area contributed by atoms with Crippen LogP contribution in [0.4, 0.5) is 8.78 Å². The minimum Gasteiger partial charge on any atom is -0.387 e. The SMILES string of the molecule is O=C(CN1CCOCC1)N1CCN(CC(O)c2ccc(F)cc2F)CC1. The van der Waals surface area contributed by atoms with Crippen molar-refractivity contribution in [3.05, 3.63) is 35.4 Å². The smallest absolute Gasteiger partial charge is 0.236 e. The molecule has 26 heavy (non-hydrogen) atoms. The first-order chi connectivity index (χ1) is 12.5. The van der Waals surface area contributed by atoms with E-state index in [2.05, 4.69) is 4.90 Å². The Kier molecular flexibility index (Phi) is 6.53. The number of nitrogens with zero attached hydrogens (tertiary/aromatic N) is 3. The number of aliphatic hydroxyl groups is 1. The van der Waals surface area contributed by atoms with Gasteiger partial charge in [0, 0.05) is 57.4 Å². The van der Waals surface area contributed by atoms with Crippen molar-refractivity contribution in [2.45, 2.75) is 6.10 Å². The van der Waals surface area contributed by atoms with Gasteiger partial charge in [0.1, 0.15) is 11.6 Å². The molecule has 1 N–H and O–H groups in total. The number of ether oxygens (including phenoxy) is 1. The Bertz CT molecular complexity index is 618. The van der Waals surface area contributed by atoms with Crippen molar-refractivity contribution in [3.8, 4) is 0 Å². The zero-order valence-corrected chi connectivity index (χ0v) is 14.7. The summed E-state index contributed by atoms with van der Waals surface area (Å²) >= 11 is 0. The third-order valence-electron chi connectivity index (χ3n) is 4.94. The largest absolute Gasteiger partial charge is 0.387 e. The van der Waals surface area contributed by atoms with Crippen LogP contribution in [0, 0.1) is 11.6 Å². The quantitative estimate of drug-likeness (QED) is 0.818. The van der Waals surface area contributed by atoms with Crippen molar-refractivity contribution >= 4 is 5.91 Å². The number of β-amino-alcohol motifs (C(OH)–C–C–N with tert-alkyl or cyclic N) is 1. The minimum atomic E-state index is -1.02. The molecular weight excluding hydrogens is 344 g/mol. The molecule has 0 aliphatic carbocycles. The molecule has 1 aromatic carbocycles. The summed E-state index contributed by atoms with van der Waals surface area (Å²) in [5, 5.41) is 10.2. The fourth-order valence-electron chi connectivity index (χ4n) is 3.35.